The lowest BCUT2D eigenvalue weighted by molar-refractivity contribution is -0.130. The first-order valence-electron chi connectivity index (χ1n) is 12.6. The van der Waals surface area contributed by atoms with E-state index in [0.717, 1.165) is 74.3 Å². The van der Waals surface area contributed by atoms with Crippen LogP contribution in [0.4, 0.5) is 9.93 Å². The Morgan fingerprint density at radius 1 is 1.12 bits per heavy atom. The Labute approximate surface area is 207 Å². The van der Waals surface area contributed by atoms with Gasteiger partial charge in [-0.15, -0.1) is 11.8 Å². The fourth-order valence-corrected chi connectivity index (χ4v) is 6.90. The van der Waals surface area contributed by atoms with Crippen LogP contribution in [0.5, 0.6) is 0 Å². The zero-order chi connectivity index (χ0) is 23.8. The lowest BCUT2D eigenvalue weighted by Crippen LogP contribution is -2.54. The van der Waals surface area contributed by atoms with Crippen molar-refractivity contribution in [1.29, 1.82) is 0 Å². The highest BCUT2D eigenvalue weighted by Gasteiger charge is 2.35. The van der Waals surface area contributed by atoms with Crippen molar-refractivity contribution in [3.05, 3.63) is 6.20 Å². The molecule has 7 nitrogen and oxygen atoms in total. The summed E-state index contributed by atoms with van der Waals surface area (Å²) in [5.74, 6) is 1.89. The summed E-state index contributed by atoms with van der Waals surface area (Å²) in [7, 11) is 0. The van der Waals surface area contributed by atoms with E-state index >= 15 is 0 Å². The van der Waals surface area contributed by atoms with E-state index in [2.05, 4.69) is 40.9 Å². The Bertz CT molecular complexity index is 754. The molecule has 1 aliphatic carbocycles. The van der Waals surface area contributed by atoms with Crippen molar-refractivity contribution in [2.24, 2.45) is 5.92 Å². The van der Waals surface area contributed by atoms with Crippen LogP contribution in [0.1, 0.15) is 66.2 Å². The monoisotopic (exact) mass is 495 g/mol. The van der Waals surface area contributed by atoms with E-state index in [-0.39, 0.29) is 24.0 Å². The fourth-order valence-electron chi connectivity index (χ4n) is 4.96. The molecule has 0 atom stereocenters. The van der Waals surface area contributed by atoms with Crippen LogP contribution >= 0.6 is 23.1 Å². The second-order valence-electron chi connectivity index (χ2n) is 9.35. The molecule has 1 N–H and O–H groups in total. The van der Waals surface area contributed by atoms with E-state index in [9.17, 15) is 9.59 Å². The van der Waals surface area contributed by atoms with Crippen molar-refractivity contribution in [3.8, 4) is 0 Å². The van der Waals surface area contributed by atoms with Gasteiger partial charge >= 0.3 is 6.03 Å². The van der Waals surface area contributed by atoms with E-state index in [1.807, 2.05) is 22.9 Å². The highest BCUT2D eigenvalue weighted by molar-refractivity contribution is 8.01. The molecule has 1 aliphatic heterocycles. The van der Waals surface area contributed by atoms with E-state index in [4.69, 9.17) is 0 Å². The van der Waals surface area contributed by atoms with Crippen molar-refractivity contribution in [2.45, 2.75) is 82.5 Å². The highest BCUT2D eigenvalue weighted by atomic mass is 32.2. The third kappa shape index (κ3) is 7.59. The molecule has 1 saturated heterocycles. The van der Waals surface area contributed by atoms with Gasteiger partial charge in [-0.3, -0.25) is 10.1 Å². The van der Waals surface area contributed by atoms with Crippen molar-refractivity contribution in [2.75, 3.05) is 43.8 Å². The minimum atomic E-state index is -0.0233. The first-order chi connectivity index (χ1) is 15.9. The number of amides is 3. The molecule has 33 heavy (non-hydrogen) atoms. The minimum absolute atomic E-state index is 0.0233. The molecule has 0 unspecified atom stereocenters. The van der Waals surface area contributed by atoms with Crippen LogP contribution in [-0.4, -0.2) is 82.2 Å². The van der Waals surface area contributed by atoms with Crippen molar-refractivity contribution >= 4 is 40.2 Å². The number of rotatable bonds is 9. The van der Waals surface area contributed by atoms with Gasteiger partial charge < -0.3 is 14.7 Å². The minimum Gasteiger partial charge on any atom is -0.343 e. The molecule has 1 saturated carbocycles. The Morgan fingerprint density at radius 3 is 2.36 bits per heavy atom. The first kappa shape index (κ1) is 26.3. The first-order valence-corrected chi connectivity index (χ1v) is 14.4. The number of likely N-dealkylation sites (tertiary alicyclic amines) is 1. The number of urea groups is 1. The van der Waals surface area contributed by atoms with Crippen molar-refractivity contribution in [1.82, 2.24) is 19.7 Å². The van der Waals surface area contributed by atoms with Gasteiger partial charge in [-0.1, -0.05) is 32.1 Å². The number of carbonyl (C=O) groups excluding carboxylic acids is 2. The summed E-state index contributed by atoms with van der Waals surface area (Å²) in [4.78, 5) is 36.2. The molecular weight excluding hydrogens is 454 g/mol. The number of thiazole rings is 1. The zero-order valence-corrected chi connectivity index (χ0v) is 22.3. The van der Waals surface area contributed by atoms with Gasteiger partial charge in [0.2, 0.25) is 5.91 Å². The molecule has 1 aromatic rings. The SMILES string of the molecule is CCN(CC)CCSc1cnc(NC(=O)N(C2CCC(C)CC2)C2CCN(C(C)=O)CC2)s1. The van der Waals surface area contributed by atoms with Crippen molar-refractivity contribution in [3.63, 3.8) is 0 Å². The lowest BCUT2D eigenvalue weighted by atomic mass is 9.85. The van der Waals surface area contributed by atoms with E-state index in [1.165, 1.54) is 12.8 Å². The van der Waals surface area contributed by atoms with Crippen LogP contribution < -0.4 is 5.32 Å². The molecule has 0 aromatic carbocycles. The maximum absolute atomic E-state index is 13.5. The van der Waals surface area contributed by atoms with Gasteiger partial charge in [-0.05, 0) is 57.5 Å². The van der Waals surface area contributed by atoms with E-state index in [0.29, 0.717) is 5.13 Å². The highest BCUT2D eigenvalue weighted by Crippen LogP contribution is 2.33. The third-order valence-electron chi connectivity index (χ3n) is 7.16. The zero-order valence-electron chi connectivity index (χ0n) is 20.7. The number of anilines is 1. The van der Waals surface area contributed by atoms with Gasteiger partial charge in [0.05, 0.1) is 10.4 Å². The molecule has 3 rings (SSSR count). The van der Waals surface area contributed by atoms with Crippen LogP contribution in [0.25, 0.3) is 0 Å². The number of hydrogen-bond donors (Lipinski definition) is 1. The quantitative estimate of drug-likeness (QED) is 0.488. The van der Waals surface area contributed by atoms with Gasteiger partial charge in [0.25, 0.3) is 0 Å². The van der Waals surface area contributed by atoms with Gasteiger partial charge in [0.1, 0.15) is 0 Å². The topological polar surface area (TPSA) is 68.8 Å². The molecule has 0 radical (unpaired) electrons. The lowest BCUT2D eigenvalue weighted by Gasteiger charge is -2.44. The van der Waals surface area contributed by atoms with Gasteiger partial charge in [-0.25, -0.2) is 9.78 Å². The average molecular weight is 496 g/mol. The Balaban J connectivity index is 1.60. The van der Waals surface area contributed by atoms with Gasteiger partial charge in [-0.2, -0.15) is 0 Å². The number of aromatic nitrogens is 1. The van der Waals surface area contributed by atoms with Gasteiger partial charge in [0.15, 0.2) is 5.13 Å². The molecule has 2 aliphatic rings. The largest absolute Gasteiger partial charge is 0.343 e. The maximum atomic E-state index is 13.5. The standard InChI is InChI=1S/C24H41N5O2S2/c1-5-27(6-2)15-16-32-22-17-25-23(33-22)26-24(31)29(20-9-7-18(3)8-10-20)21-11-13-28(14-12-21)19(4)30/h17-18,20-21H,5-16H2,1-4H3,(H,25,26,31). The molecule has 3 amide bonds. The summed E-state index contributed by atoms with van der Waals surface area (Å²) in [6.07, 6.45) is 8.05. The Kier molecular flexibility index (Phi) is 10.3. The molecule has 0 spiro atoms. The summed E-state index contributed by atoms with van der Waals surface area (Å²) in [6.45, 7) is 13.0. The molecule has 186 valence electrons. The molecule has 2 fully saturated rings. The van der Waals surface area contributed by atoms with Crippen molar-refractivity contribution < 1.29 is 9.59 Å². The third-order valence-corrected chi connectivity index (χ3v) is 9.25. The van der Waals surface area contributed by atoms with Crippen LogP contribution in [0.15, 0.2) is 10.4 Å². The number of carbonyl (C=O) groups is 2. The Morgan fingerprint density at radius 2 is 1.76 bits per heavy atom. The number of thioether (sulfide) groups is 1. The number of nitrogens with zero attached hydrogens (tertiary/aromatic N) is 4. The number of piperidine rings is 1. The summed E-state index contributed by atoms with van der Waals surface area (Å²) >= 11 is 3.37. The van der Waals surface area contributed by atoms with Crippen LogP contribution in [-0.2, 0) is 4.79 Å². The number of nitrogens with one attached hydrogen (secondary N) is 1. The van der Waals surface area contributed by atoms with E-state index < -0.39 is 0 Å². The maximum Gasteiger partial charge on any atom is 0.324 e. The average Bonchev–Trinajstić information content (AvgIpc) is 3.25. The Hall–Kier alpha value is -1.32. The second-order valence-corrected chi connectivity index (χ2v) is 11.8. The molecule has 9 heteroatoms. The smallest absolute Gasteiger partial charge is 0.324 e. The summed E-state index contributed by atoms with van der Waals surface area (Å²) < 4.78 is 1.14. The molecule has 1 aromatic heterocycles. The number of hydrogen-bond acceptors (Lipinski definition) is 6. The second kappa shape index (κ2) is 13.0. The van der Waals surface area contributed by atoms with Crippen LogP contribution in [0.2, 0.25) is 0 Å². The van der Waals surface area contributed by atoms with E-state index in [1.54, 1.807) is 18.3 Å². The summed E-state index contributed by atoms with van der Waals surface area (Å²) in [5, 5.41) is 3.80. The summed E-state index contributed by atoms with van der Waals surface area (Å²) in [5.41, 5.74) is 0. The predicted molar refractivity (Wildman–Crippen MR) is 138 cm³/mol. The van der Waals surface area contributed by atoms with Crippen LogP contribution in [0, 0.1) is 5.92 Å². The molecular formula is C24H41N5O2S2. The summed E-state index contributed by atoms with van der Waals surface area (Å²) in [6, 6.07) is 0.435. The molecule has 2 heterocycles. The predicted octanol–water partition coefficient (Wildman–Crippen LogP) is 5.00. The normalized spacial score (nSPS) is 21.9. The van der Waals surface area contributed by atoms with Gasteiger partial charge in [0, 0.05) is 44.4 Å². The fraction of sp³-hybridized carbons (Fsp3) is 0.792. The molecule has 0 bridgehead atoms. The van der Waals surface area contributed by atoms with Crippen LogP contribution in [0.3, 0.4) is 0 Å².